The summed E-state index contributed by atoms with van der Waals surface area (Å²) in [6.07, 6.45) is 0.797. The Morgan fingerprint density at radius 1 is 1.07 bits per heavy atom. The molecule has 1 N–H and O–H groups in total. The second-order valence-electron chi connectivity index (χ2n) is 8.76. The van der Waals surface area contributed by atoms with E-state index in [2.05, 4.69) is 22.0 Å². The lowest BCUT2D eigenvalue weighted by atomic mass is 10.1. The van der Waals surface area contributed by atoms with Crippen LogP contribution in [0.5, 0.6) is 0 Å². The molecule has 2 aliphatic heterocycles. The number of carbonyl (C=O) groups excluding carboxylic acids is 2. The van der Waals surface area contributed by atoms with Crippen molar-refractivity contribution in [2.24, 2.45) is 0 Å². The first kappa shape index (κ1) is 21.6. The molecular weight excluding hydrogens is 368 g/mol. The van der Waals surface area contributed by atoms with Crippen molar-refractivity contribution in [3.05, 3.63) is 23.8 Å². The van der Waals surface area contributed by atoms with Crippen LogP contribution in [0.3, 0.4) is 0 Å². The van der Waals surface area contributed by atoms with Crippen molar-refractivity contribution in [3.8, 4) is 0 Å². The molecule has 0 aromatic heterocycles. The van der Waals surface area contributed by atoms with Gasteiger partial charge in [-0.25, -0.2) is 4.79 Å². The van der Waals surface area contributed by atoms with Gasteiger partial charge >= 0.3 is 6.09 Å². The van der Waals surface area contributed by atoms with E-state index in [0.29, 0.717) is 18.7 Å². The average Bonchev–Trinajstić information content (AvgIpc) is 3.10. The fourth-order valence-electron chi connectivity index (χ4n) is 3.94. The molecule has 1 aromatic carbocycles. The molecule has 29 heavy (non-hydrogen) atoms. The van der Waals surface area contributed by atoms with E-state index in [1.807, 2.05) is 43.9 Å². The highest BCUT2D eigenvalue weighted by Gasteiger charge is 2.29. The lowest BCUT2D eigenvalue weighted by Crippen LogP contribution is -2.47. The summed E-state index contributed by atoms with van der Waals surface area (Å²) >= 11 is 0. The molecule has 0 aliphatic carbocycles. The highest BCUT2D eigenvalue weighted by atomic mass is 16.6. The lowest BCUT2D eigenvalue weighted by Gasteiger charge is -2.34. The molecule has 2 amide bonds. The van der Waals surface area contributed by atoms with Gasteiger partial charge in [0, 0.05) is 45.7 Å². The minimum Gasteiger partial charge on any atom is -0.444 e. The molecule has 1 saturated heterocycles. The summed E-state index contributed by atoms with van der Waals surface area (Å²) in [5.74, 6) is 0.111. The van der Waals surface area contributed by atoms with Crippen LogP contribution in [0.25, 0.3) is 0 Å². The van der Waals surface area contributed by atoms with Gasteiger partial charge in [-0.05, 0) is 45.4 Å². The number of rotatable bonds is 5. The Kier molecular flexibility index (Phi) is 6.80. The number of carbonyl (C=O) groups is 2. The summed E-state index contributed by atoms with van der Waals surface area (Å²) in [6.45, 7) is 14.4. The minimum atomic E-state index is -0.570. The van der Waals surface area contributed by atoms with Crippen LogP contribution in [0.2, 0.25) is 0 Å². The fourth-order valence-corrected chi connectivity index (χ4v) is 3.94. The summed E-state index contributed by atoms with van der Waals surface area (Å²) in [4.78, 5) is 31.8. The van der Waals surface area contributed by atoms with Crippen molar-refractivity contribution in [1.29, 1.82) is 0 Å². The SMILES string of the molecule is CCN1CCN(CCC(=O)N2CCc3cccc(NC(=O)OC(C)(C)C)c32)CC1. The van der Waals surface area contributed by atoms with Crippen LogP contribution < -0.4 is 10.2 Å². The Labute approximate surface area is 174 Å². The van der Waals surface area contributed by atoms with Crippen LogP contribution in [0.1, 0.15) is 39.7 Å². The number of anilines is 2. The van der Waals surface area contributed by atoms with E-state index in [9.17, 15) is 9.59 Å². The molecule has 160 valence electrons. The van der Waals surface area contributed by atoms with Gasteiger partial charge in [0.1, 0.15) is 5.60 Å². The van der Waals surface area contributed by atoms with E-state index >= 15 is 0 Å². The average molecular weight is 403 g/mol. The van der Waals surface area contributed by atoms with Crippen LogP contribution in [-0.4, -0.2) is 73.2 Å². The minimum absolute atomic E-state index is 0.111. The summed E-state index contributed by atoms with van der Waals surface area (Å²) in [7, 11) is 0. The molecule has 0 bridgehead atoms. The fraction of sp³-hybridized carbons (Fsp3) is 0.636. The topological polar surface area (TPSA) is 65.1 Å². The number of amides is 2. The molecule has 7 nitrogen and oxygen atoms in total. The third kappa shape index (κ3) is 5.70. The molecule has 2 heterocycles. The summed E-state index contributed by atoms with van der Waals surface area (Å²) in [6, 6.07) is 5.76. The summed E-state index contributed by atoms with van der Waals surface area (Å²) < 4.78 is 5.38. The van der Waals surface area contributed by atoms with Gasteiger partial charge in [-0.3, -0.25) is 10.1 Å². The zero-order valence-corrected chi connectivity index (χ0v) is 18.2. The number of likely N-dealkylation sites (N-methyl/N-ethyl adjacent to an activating group) is 1. The van der Waals surface area contributed by atoms with Crippen molar-refractivity contribution in [1.82, 2.24) is 9.80 Å². The van der Waals surface area contributed by atoms with Gasteiger partial charge in [0.2, 0.25) is 5.91 Å². The van der Waals surface area contributed by atoms with Gasteiger partial charge in [-0.2, -0.15) is 0 Å². The van der Waals surface area contributed by atoms with Crippen molar-refractivity contribution in [3.63, 3.8) is 0 Å². The third-order valence-electron chi connectivity index (χ3n) is 5.48. The molecule has 7 heteroatoms. The molecule has 0 unspecified atom stereocenters. The first-order chi connectivity index (χ1) is 13.8. The Hall–Kier alpha value is -2.12. The normalized spacial score (nSPS) is 17.9. The van der Waals surface area contributed by atoms with Crippen LogP contribution in [0, 0.1) is 0 Å². The maximum atomic E-state index is 13.0. The molecule has 1 fully saturated rings. The van der Waals surface area contributed by atoms with Gasteiger partial charge in [-0.1, -0.05) is 19.1 Å². The third-order valence-corrected chi connectivity index (χ3v) is 5.48. The van der Waals surface area contributed by atoms with Gasteiger partial charge in [-0.15, -0.1) is 0 Å². The largest absolute Gasteiger partial charge is 0.444 e. The van der Waals surface area contributed by atoms with Gasteiger partial charge < -0.3 is 19.4 Å². The van der Waals surface area contributed by atoms with Gasteiger partial charge in [0.15, 0.2) is 0 Å². The van der Waals surface area contributed by atoms with E-state index in [1.54, 1.807) is 0 Å². The highest BCUT2D eigenvalue weighted by molar-refractivity contribution is 6.02. The highest BCUT2D eigenvalue weighted by Crippen LogP contribution is 2.36. The smallest absolute Gasteiger partial charge is 0.412 e. The number of benzene rings is 1. The molecule has 0 atom stereocenters. The van der Waals surface area contributed by atoms with Crippen molar-refractivity contribution >= 4 is 23.4 Å². The molecule has 2 aliphatic rings. The van der Waals surface area contributed by atoms with E-state index in [4.69, 9.17) is 4.74 Å². The Morgan fingerprint density at radius 3 is 2.41 bits per heavy atom. The molecule has 0 spiro atoms. The van der Waals surface area contributed by atoms with Crippen molar-refractivity contribution in [2.75, 3.05) is 56.0 Å². The number of para-hydroxylation sites is 1. The first-order valence-corrected chi connectivity index (χ1v) is 10.6. The molecular formula is C22H34N4O3. The number of nitrogens with one attached hydrogen (secondary N) is 1. The standard InChI is InChI=1S/C22H34N4O3/c1-5-24-13-15-25(16-14-24)11-10-19(27)26-12-9-17-7-6-8-18(20(17)26)23-21(28)29-22(2,3)4/h6-8H,5,9-16H2,1-4H3,(H,23,28). The zero-order chi connectivity index (χ0) is 21.0. The summed E-state index contributed by atoms with van der Waals surface area (Å²) in [5.41, 5.74) is 1.97. The zero-order valence-electron chi connectivity index (χ0n) is 18.2. The molecule has 3 rings (SSSR count). The molecule has 1 aromatic rings. The predicted molar refractivity (Wildman–Crippen MR) is 116 cm³/mol. The number of fused-ring (bicyclic) bond motifs is 1. The van der Waals surface area contributed by atoms with Crippen LogP contribution in [0.4, 0.5) is 16.2 Å². The number of ether oxygens (including phenoxy) is 1. The van der Waals surface area contributed by atoms with Crippen LogP contribution in [0.15, 0.2) is 18.2 Å². The maximum Gasteiger partial charge on any atom is 0.412 e. The van der Waals surface area contributed by atoms with E-state index in [-0.39, 0.29) is 5.91 Å². The quantitative estimate of drug-likeness (QED) is 0.820. The van der Waals surface area contributed by atoms with Crippen molar-refractivity contribution < 1.29 is 14.3 Å². The summed E-state index contributed by atoms with van der Waals surface area (Å²) in [5, 5.41) is 2.83. The van der Waals surface area contributed by atoms with Crippen LogP contribution in [-0.2, 0) is 16.0 Å². The molecule has 0 radical (unpaired) electrons. The Bertz CT molecular complexity index is 736. The number of nitrogens with zero attached hydrogens (tertiary/aromatic N) is 3. The maximum absolute atomic E-state index is 13.0. The van der Waals surface area contributed by atoms with Crippen LogP contribution >= 0.6 is 0 Å². The van der Waals surface area contributed by atoms with E-state index < -0.39 is 11.7 Å². The second kappa shape index (κ2) is 9.13. The van der Waals surface area contributed by atoms with Gasteiger partial charge in [0.05, 0.1) is 11.4 Å². The van der Waals surface area contributed by atoms with Gasteiger partial charge in [0.25, 0.3) is 0 Å². The van der Waals surface area contributed by atoms with Crippen molar-refractivity contribution in [2.45, 2.75) is 46.1 Å². The number of piperazine rings is 1. The van der Waals surface area contributed by atoms with E-state index in [1.165, 1.54) is 0 Å². The number of hydrogen-bond donors (Lipinski definition) is 1. The number of hydrogen-bond acceptors (Lipinski definition) is 5. The predicted octanol–water partition coefficient (Wildman–Crippen LogP) is 2.95. The van der Waals surface area contributed by atoms with E-state index in [0.717, 1.165) is 56.9 Å². The lowest BCUT2D eigenvalue weighted by molar-refractivity contribution is -0.118. The monoisotopic (exact) mass is 402 g/mol. The Balaban J connectivity index is 1.62. The first-order valence-electron chi connectivity index (χ1n) is 10.6. The second-order valence-corrected chi connectivity index (χ2v) is 8.76. The molecule has 0 saturated carbocycles. The Morgan fingerprint density at radius 2 is 1.76 bits per heavy atom.